The Labute approximate surface area is 244 Å². The minimum atomic E-state index is 0.568. The maximum atomic E-state index is 6.60. The predicted molar refractivity (Wildman–Crippen MR) is 174 cm³/mol. The lowest BCUT2D eigenvalue weighted by molar-refractivity contribution is 0.655. The van der Waals surface area contributed by atoms with Crippen molar-refractivity contribution in [3.63, 3.8) is 0 Å². The van der Waals surface area contributed by atoms with Crippen LogP contribution in [0.3, 0.4) is 0 Å². The number of furan rings is 1. The number of nitrogens with zero attached hydrogens (tertiary/aromatic N) is 4. The number of rotatable bonds is 3. The highest BCUT2D eigenvalue weighted by molar-refractivity contribution is 6.40. The third-order valence-electron chi connectivity index (χ3n) is 8.67. The molecule has 43 heavy (non-hydrogen) atoms. The van der Waals surface area contributed by atoms with Crippen molar-refractivity contribution in [2.75, 3.05) is 0 Å². The molecule has 10 aromatic rings. The second kappa shape index (κ2) is 8.30. The molecule has 198 valence electrons. The van der Waals surface area contributed by atoms with Gasteiger partial charge in [0, 0.05) is 28.1 Å². The molecule has 0 saturated heterocycles. The van der Waals surface area contributed by atoms with Gasteiger partial charge in [-0.05, 0) is 55.9 Å². The molecule has 7 aromatic carbocycles. The second-order valence-corrected chi connectivity index (χ2v) is 11.1. The van der Waals surface area contributed by atoms with Gasteiger partial charge in [0.25, 0.3) is 0 Å². The van der Waals surface area contributed by atoms with Gasteiger partial charge in [-0.15, -0.1) is 0 Å². The van der Waals surface area contributed by atoms with Gasteiger partial charge in [-0.3, -0.25) is 0 Å². The fraction of sp³-hybridized carbons (Fsp3) is 0. The van der Waals surface area contributed by atoms with Crippen LogP contribution in [-0.4, -0.2) is 19.9 Å². The molecule has 0 aliphatic carbocycles. The molecule has 0 aliphatic rings. The highest BCUT2D eigenvalue weighted by Crippen LogP contribution is 2.48. The van der Waals surface area contributed by atoms with Gasteiger partial charge >= 0.3 is 0 Å². The van der Waals surface area contributed by atoms with E-state index in [0.717, 1.165) is 49.2 Å². The zero-order valence-electron chi connectivity index (χ0n) is 22.7. The minimum absolute atomic E-state index is 0.568. The minimum Gasteiger partial charge on any atom is -0.437 e. The molecule has 0 fully saturated rings. The summed E-state index contributed by atoms with van der Waals surface area (Å²) in [7, 11) is 0. The van der Waals surface area contributed by atoms with Crippen molar-refractivity contribution in [3.05, 3.63) is 121 Å². The first-order valence-corrected chi connectivity index (χ1v) is 14.3. The summed E-state index contributed by atoms with van der Waals surface area (Å²) in [5.74, 6) is 1.80. The molecule has 0 bridgehead atoms. The molecule has 0 radical (unpaired) electrons. The van der Waals surface area contributed by atoms with Crippen molar-refractivity contribution >= 4 is 65.2 Å². The maximum absolute atomic E-state index is 6.60. The third kappa shape index (κ3) is 3.16. The SMILES string of the molecule is c1ccc(-c2nc(-c3ccc4ccccc4c3)nc(-c3cc4ccc5cccc6c7ccnc8oc3c(c87)c4c56)n2)cc1. The molecule has 0 aliphatic heterocycles. The second-order valence-electron chi connectivity index (χ2n) is 11.1. The Balaban J connectivity index is 1.32. The lowest BCUT2D eigenvalue weighted by Crippen LogP contribution is -2.00. The van der Waals surface area contributed by atoms with Crippen LogP contribution < -0.4 is 0 Å². The molecule has 0 spiro atoms. The van der Waals surface area contributed by atoms with E-state index in [4.69, 9.17) is 19.4 Å². The number of benzene rings is 7. The Morgan fingerprint density at radius 3 is 2.07 bits per heavy atom. The standard InChI is InChI=1S/C38H20N4O/c1-2-8-23(9-3-1)35-40-36(26-16-13-21-7-4-5-10-24(21)19-26)42-37(41-35)29-20-25-15-14-22-11-6-12-27-28-17-18-39-38-32(28)33(34(29)43-38)31(25)30(22)27/h1-20H. The van der Waals surface area contributed by atoms with E-state index in [0.29, 0.717) is 23.2 Å². The van der Waals surface area contributed by atoms with Gasteiger partial charge in [0.2, 0.25) is 5.71 Å². The van der Waals surface area contributed by atoms with Gasteiger partial charge in [-0.2, -0.15) is 0 Å². The molecule has 10 rings (SSSR count). The van der Waals surface area contributed by atoms with Crippen LogP contribution in [0.15, 0.2) is 126 Å². The van der Waals surface area contributed by atoms with Crippen molar-refractivity contribution in [3.8, 4) is 34.2 Å². The van der Waals surface area contributed by atoms with Crippen molar-refractivity contribution in [2.45, 2.75) is 0 Å². The van der Waals surface area contributed by atoms with E-state index in [9.17, 15) is 0 Å². The quantitative estimate of drug-likeness (QED) is 0.162. The molecule has 0 N–H and O–H groups in total. The lowest BCUT2D eigenvalue weighted by atomic mass is 9.89. The first-order chi connectivity index (χ1) is 21.3. The lowest BCUT2D eigenvalue weighted by Gasteiger charge is -2.14. The van der Waals surface area contributed by atoms with E-state index >= 15 is 0 Å². The Morgan fingerprint density at radius 1 is 0.442 bits per heavy atom. The van der Waals surface area contributed by atoms with E-state index in [1.807, 2.05) is 36.5 Å². The molecular formula is C38H20N4O. The zero-order valence-corrected chi connectivity index (χ0v) is 22.7. The van der Waals surface area contributed by atoms with E-state index in [-0.39, 0.29) is 0 Å². The molecule has 3 aromatic heterocycles. The monoisotopic (exact) mass is 548 g/mol. The van der Waals surface area contributed by atoms with Crippen LogP contribution in [-0.2, 0) is 0 Å². The third-order valence-corrected chi connectivity index (χ3v) is 8.67. The molecule has 5 heteroatoms. The number of hydrogen-bond donors (Lipinski definition) is 0. The molecule has 0 saturated carbocycles. The molecule has 3 heterocycles. The van der Waals surface area contributed by atoms with E-state index in [2.05, 4.69) is 89.9 Å². The fourth-order valence-electron chi connectivity index (χ4n) is 6.74. The predicted octanol–water partition coefficient (Wildman–Crippen LogP) is 9.66. The molecular weight excluding hydrogens is 528 g/mol. The van der Waals surface area contributed by atoms with Crippen LogP contribution in [0.5, 0.6) is 0 Å². The summed E-state index contributed by atoms with van der Waals surface area (Å²) < 4.78 is 6.60. The van der Waals surface area contributed by atoms with Crippen molar-refractivity contribution in [1.82, 2.24) is 19.9 Å². The topological polar surface area (TPSA) is 64.7 Å². The number of aromatic nitrogens is 4. The molecule has 0 atom stereocenters. The number of hydrogen-bond acceptors (Lipinski definition) is 5. The summed E-state index contributed by atoms with van der Waals surface area (Å²) in [4.78, 5) is 19.8. The van der Waals surface area contributed by atoms with Crippen molar-refractivity contribution in [2.24, 2.45) is 0 Å². The van der Waals surface area contributed by atoms with Crippen LogP contribution >= 0.6 is 0 Å². The summed E-state index contributed by atoms with van der Waals surface area (Å²) >= 11 is 0. The molecule has 0 amide bonds. The summed E-state index contributed by atoms with van der Waals surface area (Å²) in [6.07, 6.45) is 1.83. The van der Waals surface area contributed by atoms with Gasteiger partial charge in [0.15, 0.2) is 17.5 Å². The largest absolute Gasteiger partial charge is 0.437 e. The van der Waals surface area contributed by atoms with Crippen molar-refractivity contribution < 1.29 is 4.42 Å². The number of fused-ring (bicyclic) bond motifs is 2. The van der Waals surface area contributed by atoms with Gasteiger partial charge < -0.3 is 4.42 Å². The van der Waals surface area contributed by atoms with Gasteiger partial charge in [0.05, 0.1) is 10.9 Å². The smallest absolute Gasteiger partial charge is 0.227 e. The first kappa shape index (κ1) is 22.7. The number of pyridine rings is 1. The summed E-state index contributed by atoms with van der Waals surface area (Å²) in [6, 6.07) is 39.9. The van der Waals surface area contributed by atoms with Crippen LogP contribution in [0.2, 0.25) is 0 Å². The highest BCUT2D eigenvalue weighted by Gasteiger charge is 2.25. The van der Waals surface area contributed by atoms with Crippen LogP contribution in [0.4, 0.5) is 0 Å². The maximum Gasteiger partial charge on any atom is 0.227 e. The Morgan fingerprint density at radius 2 is 1.16 bits per heavy atom. The van der Waals surface area contributed by atoms with Gasteiger partial charge in [0.1, 0.15) is 5.58 Å². The summed E-state index contributed by atoms with van der Waals surface area (Å²) in [6.45, 7) is 0. The van der Waals surface area contributed by atoms with E-state index in [1.165, 1.54) is 26.9 Å². The molecule has 5 nitrogen and oxygen atoms in total. The first-order valence-electron chi connectivity index (χ1n) is 14.3. The summed E-state index contributed by atoms with van der Waals surface area (Å²) in [5.41, 5.74) is 4.06. The Bertz CT molecular complexity index is 2680. The molecule has 0 unspecified atom stereocenters. The van der Waals surface area contributed by atoms with Crippen molar-refractivity contribution in [1.29, 1.82) is 0 Å². The average molecular weight is 549 g/mol. The van der Waals surface area contributed by atoms with Gasteiger partial charge in [-0.25, -0.2) is 19.9 Å². The van der Waals surface area contributed by atoms with Crippen LogP contribution in [0, 0.1) is 0 Å². The zero-order chi connectivity index (χ0) is 28.1. The van der Waals surface area contributed by atoms with Crippen LogP contribution in [0.1, 0.15) is 0 Å². The normalized spacial score (nSPS) is 12.2. The van der Waals surface area contributed by atoms with E-state index in [1.54, 1.807) is 0 Å². The fourth-order valence-corrected chi connectivity index (χ4v) is 6.74. The average Bonchev–Trinajstić information content (AvgIpc) is 3.47. The Kier molecular flexibility index (Phi) is 4.39. The Hall–Kier alpha value is -5.94. The van der Waals surface area contributed by atoms with E-state index < -0.39 is 0 Å². The van der Waals surface area contributed by atoms with Crippen LogP contribution in [0.25, 0.3) is 99.3 Å². The highest BCUT2D eigenvalue weighted by atomic mass is 16.3. The van der Waals surface area contributed by atoms with Gasteiger partial charge in [-0.1, -0.05) is 97.1 Å². The summed E-state index contributed by atoms with van der Waals surface area (Å²) in [5, 5.41) is 11.5.